The highest BCUT2D eigenvalue weighted by Gasteiger charge is 2.28. The van der Waals surface area contributed by atoms with E-state index in [0.717, 1.165) is 43.9 Å². The number of aromatic nitrogens is 3. The van der Waals surface area contributed by atoms with Crippen LogP contribution in [-0.2, 0) is 25.8 Å². The molecule has 4 heteroatoms. The maximum atomic E-state index is 6.11. The molecule has 104 valence electrons. The molecule has 0 radical (unpaired) electrons. The molecule has 0 spiro atoms. The monoisotopic (exact) mass is 268 g/mol. The molecule has 2 heterocycles. The van der Waals surface area contributed by atoms with Gasteiger partial charge in [0.25, 0.3) is 0 Å². The van der Waals surface area contributed by atoms with Gasteiger partial charge in [0, 0.05) is 24.9 Å². The first-order chi connectivity index (χ1) is 9.81. The average Bonchev–Trinajstić information content (AvgIpc) is 2.89. The van der Waals surface area contributed by atoms with E-state index in [-0.39, 0.29) is 6.04 Å². The van der Waals surface area contributed by atoms with Gasteiger partial charge in [0.15, 0.2) is 0 Å². The van der Waals surface area contributed by atoms with E-state index in [0.29, 0.717) is 5.92 Å². The van der Waals surface area contributed by atoms with Gasteiger partial charge in [-0.1, -0.05) is 24.3 Å². The lowest BCUT2D eigenvalue weighted by molar-refractivity contribution is 0.424. The van der Waals surface area contributed by atoms with Crippen molar-refractivity contribution in [2.24, 2.45) is 5.73 Å². The predicted octanol–water partition coefficient (Wildman–Crippen LogP) is 1.82. The predicted molar refractivity (Wildman–Crippen MR) is 77.5 cm³/mol. The quantitative estimate of drug-likeness (QED) is 0.858. The molecule has 1 aromatic carbocycles. The van der Waals surface area contributed by atoms with E-state index >= 15 is 0 Å². The minimum Gasteiger partial charge on any atom is -0.326 e. The summed E-state index contributed by atoms with van der Waals surface area (Å²) < 4.78 is 2.28. The summed E-state index contributed by atoms with van der Waals surface area (Å²) in [5.41, 5.74) is 9.08. The van der Waals surface area contributed by atoms with Crippen molar-refractivity contribution in [3.05, 3.63) is 47.0 Å². The summed E-state index contributed by atoms with van der Waals surface area (Å²) in [6.07, 6.45) is 5.41. The molecule has 2 unspecified atom stereocenters. The van der Waals surface area contributed by atoms with Gasteiger partial charge >= 0.3 is 0 Å². The van der Waals surface area contributed by atoms with Crippen LogP contribution < -0.4 is 5.73 Å². The van der Waals surface area contributed by atoms with Crippen molar-refractivity contribution < 1.29 is 0 Å². The Morgan fingerprint density at radius 2 is 1.90 bits per heavy atom. The minimum absolute atomic E-state index is 0.258. The summed E-state index contributed by atoms with van der Waals surface area (Å²) in [5.74, 6) is 2.78. The third-order valence-corrected chi connectivity index (χ3v) is 4.72. The number of rotatable bonds is 1. The number of nitrogens with two attached hydrogens (primary N) is 1. The van der Waals surface area contributed by atoms with E-state index in [9.17, 15) is 0 Å². The first-order valence-corrected chi connectivity index (χ1v) is 7.55. The Labute approximate surface area is 119 Å². The zero-order valence-electron chi connectivity index (χ0n) is 11.6. The van der Waals surface area contributed by atoms with Crippen LogP contribution in [0, 0.1) is 0 Å². The molecule has 1 aromatic heterocycles. The Balaban J connectivity index is 1.65. The van der Waals surface area contributed by atoms with Crippen molar-refractivity contribution in [3.8, 4) is 0 Å². The first-order valence-electron chi connectivity index (χ1n) is 7.55. The number of aryl methyl sites for hydroxylation is 2. The topological polar surface area (TPSA) is 56.7 Å². The second-order valence-corrected chi connectivity index (χ2v) is 6.09. The van der Waals surface area contributed by atoms with Crippen LogP contribution in [0.15, 0.2) is 24.3 Å². The second kappa shape index (κ2) is 4.70. The van der Waals surface area contributed by atoms with Crippen molar-refractivity contribution in [3.63, 3.8) is 0 Å². The summed E-state index contributed by atoms with van der Waals surface area (Å²) in [7, 11) is 0. The number of hydrogen-bond acceptors (Lipinski definition) is 3. The molecular weight excluding hydrogens is 248 g/mol. The molecule has 0 amide bonds. The van der Waals surface area contributed by atoms with Crippen molar-refractivity contribution in [1.29, 1.82) is 0 Å². The molecular formula is C16H20N4. The average molecular weight is 268 g/mol. The van der Waals surface area contributed by atoms with Crippen LogP contribution in [0.5, 0.6) is 0 Å². The summed E-state index contributed by atoms with van der Waals surface area (Å²) in [4.78, 5) is 0. The first kappa shape index (κ1) is 12.1. The van der Waals surface area contributed by atoms with Gasteiger partial charge in [-0.3, -0.25) is 0 Å². The van der Waals surface area contributed by atoms with Crippen LogP contribution in [0.2, 0.25) is 0 Å². The fourth-order valence-electron chi connectivity index (χ4n) is 3.59. The number of nitrogens with zero attached hydrogens (tertiary/aromatic N) is 3. The highest BCUT2D eigenvalue weighted by molar-refractivity contribution is 5.31. The number of fused-ring (bicyclic) bond motifs is 2. The van der Waals surface area contributed by atoms with Crippen molar-refractivity contribution >= 4 is 0 Å². The molecule has 4 rings (SSSR count). The SMILES string of the molecule is NC1CCc2nnc(C3CCc4ccccc4C3)n2C1. The largest absolute Gasteiger partial charge is 0.326 e. The second-order valence-electron chi connectivity index (χ2n) is 6.09. The Kier molecular flexibility index (Phi) is 2.84. The molecule has 2 aliphatic rings. The summed E-state index contributed by atoms with van der Waals surface area (Å²) in [5, 5.41) is 8.87. The highest BCUT2D eigenvalue weighted by atomic mass is 15.3. The van der Waals surface area contributed by atoms with Gasteiger partial charge in [0.1, 0.15) is 11.6 Å². The van der Waals surface area contributed by atoms with Gasteiger partial charge in [-0.2, -0.15) is 0 Å². The van der Waals surface area contributed by atoms with Crippen LogP contribution in [0.4, 0.5) is 0 Å². The van der Waals surface area contributed by atoms with Crippen LogP contribution in [0.3, 0.4) is 0 Å². The Morgan fingerprint density at radius 1 is 1.05 bits per heavy atom. The Hall–Kier alpha value is -1.68. The molecule has 0 saturated carbocycles. The fraction of sp³-hybridized carbons (Fsp3) is 0.500. The molecule has 20 heavy (non-hydrogen) atoms. The van der Waals surface area contributed by atoms with Crippen molar-refractivity contribution in [2.45, 2.75) is 50.6 Å². The maximum Gasteiger partial charge on any atom is 0.136 e. The lowest BCUT2D eigenvalue weighted by Crippen LogP contribution is -2.33. The summed E-state index contributed by atoms with van der Waals surface area (Å²) >= 11 is 0. The Morgan fingerprint density at radius 3 is 2.80 bits per heavy atom. The molecule has 0 saturated heterocycles. The standard InChI is InChI=1S/C16H20N4/c17-14-7-8-15-18-19-16(20(15)10-14)13-6-5-11-3-1-2-4-12(11)9-13/h1-4,13-14H,5-10,17H2. The normalized spacial score (nSPS) is 25.1. The van der Waals surface area contributed by atoms with Gasteiger partial charge < -0.3 is 10.3 Å². The molecule has 2 atom stereocenters. The zero-order chi connectivity index (χ0) is 13.5. The minimum atomic E-state index is 0.258. The lowest BCUT2D eigenvalue weighted by atomic mass is 9.83. The van der Waals surface area contributed by atoms with Gasteiger partial charge in [0.05, 0.1) is 0 Å². The molecule has 0 fully saturated rings. The third kappa shape index (κ3) is 1.95. The van der Waals surface area contributed by atoms with E-state index in [4.69, 9.17) is 5.73 Å². The van der Waals surface area contributed by atoms with Crippen molar-refractivity contribution in [2.75, 3.05) is 0 Å². The van der Waals surface area contributed by atoms with Crippen LogP contribution in [0.25, 0.3) is 0 Å². The van der Waals surface area contributed by atoms with E-state index in [1.165, 1.54) is 17.5 Å². The van der Waals surface area contributed by atoms with Gasteiger partial charge in [-0.25, -0.2) is 0 Å². The Bertz CT molecular complexity index is 631. The van der Waals surface area contributed by atoms with E-state index in [1.807, 2.05) is 0 Å². The van der Waals surface area contributed by atoms with Crippen LogP contribution in [-0.4, -0.2) is 20.8 Å². The van der Waals surface area contributed by atoms with E-state index in [2.05, 4.69) is 39.0 Å². The lowest BCUT2D eigenvalue weighted by Gasteiger charge is -2.27. The molecule has 2 aromatic rings. The number of hydrogen-bond donors (Lipinski definition) is 1. The fourth-order valence-corrected chi connectivity index (χ4v) is 3.59. The summed E-state index contributed by atoms with van der Waals surface area (Å²) in [6, 6.07) is 9.03. The van der Waals surface area contributed by atoms with E-state index in [1.54, 1.807) is 0 Å². The van der Waals surface area contributed by atoms with Gasteiger partial charge in [-0.05, 0) is 36.8 Å². The molecule has 4 nitrogen and oxygen atoms in total. The smallest absolute Gasteiger partial charge is 0.136 e. The van der Waals surface area contributed by atoms with Crippen LogP contribution >= 0.6 is 0 Å². The zero-order valence-corrected chi connectivity index (χ0v) is 11.6. The molecule has 0 bridgehead atoms. The van der Waals surface area contributed by atoms with Gasteiger partial charge in [-0.15, -0.1) is 10.2 Å². The van der Waals surface area contributed by atoms with Gasteiger partial charge in [0.2, 0.25) is 0 Å². The summed E-state index contributed by atoms with van der Waals surface area (Å²) in [6.45, 7) is 0.885. The van der Waals surface area contributed by atoms with Crippen molar-refractivity contribution in [1.82, 2.24) is 14.8 Å². The molecule has 1 aliphatic carbocycles. The molecule has 1 aliphatic heterocycles. The van der Waals surface area contributed by atoms with Crippen LogP contribution in [0.1, 0.15) is 41.5 Å². The maximum absolute atomic E-state index is 6.11. The third-order valence-electron chi connectivity index (χ3n) is 4.72. The molecule has 2 N–H and O–H groups in total. The van der Waals surface area contributed by atoms with E-state index < -0.39 is 0 Å². The number of benzene rings is 1. The highest BCUT2D eigenvalue weighted by Crippen LogP contribution is 2.32.